The lowest BCUT2D eigenvalue weighted by molar-refractivity contribution is -0.148. The molecule has 0 unspecified atom stereocenters. The first-order chi connectivity index (χ1) is 9.40. The molecule has 1 rings (SSSR count). The van der Waals surface area contributed by atoms with Gasteiger partial charge in [0.2, 0.25) is 0 Å². The Kier molecular flexibility index (Phi) is 6.25. The van der Waals surface area contributed by atoms with Crippen LogP contribution in [0.2, 0.25) is 0 Å². The fourth-order valence-electron chi connectivity index (χ4n) is 1.46. The predicted octanol–water partition coefficient (Wildman–Crippen LogP) is 3.11. The summed E-state index contributed by atoms with van der Waals surface area (Å²) in [5.74, 6) is 0.250. The van der Waals surface area contributed by atoms with Gasteiger partial charge in [0.1, 0.15) is 11.4 Å². The summed E-state index contributed by atoms with van der Waals surface area (Å²) < 4.78 is 15.5. The zero-order chi connectivity index (χ0) is 15.0. The predicted molar refractivity (Wildman–Crippen MR) is 77.6 cm³/mol. The lowest BCUT2D eigenvalue weighted by Gasteiger charge is -2.17. The van der Waals surface area contributed by atoms with Crippen LogP contribution in [0.3, 0.4) is 0 Å². The van der Waals surface area contributed by atoms with E-state index in [-0.39, 0.29) is 0 Å². The maximum Gasteiger partial charge on any atom is 0.334 e. The molecule has 4 nitrogen and oxygen atoms in total. The van der Waals surface area contributed by atoms with Gasteiger partial charge >= 0.3 is 5.97 Å². The van der Waals surface area contributed by atoms with E-state index in [0.29, 0.717) is 12.4 Å². The Morgan fingerprint density at radius 3 is 2.40 bits per heavy atom. The number of hydrogen-bond donors (Lipinski definition) is 0. The maximum atomic E-state index is 11.4. The average Bonchev–Trinajstić information content (AvgIpc) is 2.35. The van der Waals surface area contributed by atoms with E-state index in [4.69, 9.17) is 14.2 Å². The summed E-state index contributed by atoms with van der Waals surface area (Å²) in [5.41, 5.74) is 0.681. The Hall–Kier alpha value is -1.81. The van der Waals surface area contributed by atoms with Crippen molar-refractivity contribution in [3.05, 3.63) is 42.2 Å². The lowest BCUT2D eigenvalue weighted by atomic mass is 10.1. The summed E-state index contributed by atoms with van der Waals surface area (Å²) in [4.78, 5) is 11.4. The van der Waals surface area contributed by atoms with Crippen LogP contribution in [0.5, 0.6) is 5.75 Å². The summed E-state index contributed by atoms with van der Waals surface area (Å²) >= 11 is 0. The number of esters is 1. The molecule has 0 fully saturated rings. The van der Waals surface area contributed by atoms with Gasteiger partial charge in [-0.3, -0.25) is 0 Å². The van der Waals surface area contributed by atoms with E-state index in [1.54, 1.807) is 7.11 Å². The number of rotatable bonds is 6. The van der Waals surface area contributed by atoms with Gasteiger partial charge in [0.25, 0.3) is 0 Å². The molecule has 0 amide bonds. The molecule has 0 aromatic heterocycles. The van der Waals surface area contributed by atoms with E-state index >= 15 is 0 Å². The molecule has 4 heteroatoms. The first-order valence-electron chi connectivity index (χ1n) is 6.55. The van der Waals surface area contributed by atoms with E-state index in [9.17, 15) is 4.79 Å². The van der Waals surface area contributed by atoms with Crippen molar-refractivity contribution in [2.24, 2.45) is 0 Å². The molecule has 0 spiro atoms. The number of ether oxygens (including phenoxy) is 3. The Morgan fingerprint density at radius 2 is 1.85 bits per heavy atom. The normalized spacial score (nSPS) is 11.6. The molecule has 1 aromatic rings. The lowest BCUT2D eigenvalue weighted by Crippen LogP contribution is -2.22. The monoisotopic (exact) mass is 278 g/mol. The molecule has 0 aliphatic carbocycles. The second-order valence-corrected chi connectivity index (χ2v) is 5.34. The third kappa shape index (κ3) is 6.95. The molecule has 0 bridgehead atoms. The smallest absolute Gasteiger partial charge is 0.334 e. The molecule has 0 heterocycles. The van der Waals surface area contributed by atoms with Crippen LogP contribution in [0, 0.1) is 0 Å². The molecule has 0 aliphatic heterocycles. The van der Waals surface area contributed by atoms with Crippen LogP contribution in [0.25, 0.3) is 0 Å². The van der Waals surface area contributed by atoms with E-state index in [2.05, 4.69) is 0 Å². The fraction of sp³-hybridized carbons (Fsp3) is 0.438. The Morgan fingerprint density at radius 1 is 1.20 bits per heavy atom. The number of benzene rings is 1. The molecule has 0 saturated carbocycles. The standard InChI is InChI=1S/C16H22O4/c1-16(2,3)20-15(17)10-12-19-14-7-5-13(6-8-14)9-11-18-4/h5-8,10,12H,9,11H2,1-4H3/b12-10+. The molecular weight excluding hydrogens is 256 g/mol. The summed E-state index contributed by atoms with van der Waals surface area (Å²) in [6, 6.07) is 7.64. The molecule has 0 aliphatic rings. The van der Waals surface area contributed by atoms with Gasteiger partial charge in [0, 0.05) is 7.11 Å². The summed E-state index contributed by atoms with van der Waals surface area (Å²) in [7, 11) is 1.68. The highest BCUT2D eigenvalue weighted by atomic mass is 16.6. The van der Waals surface area contributed by atoms with E-state index in [1.165, 1.54) is 17.9 Å². The molecule has 0 atom stereocenters. The molecule has 20 heavy (non-hydrogen) atoms. The van der Waals surface area contributed by atoms with Gasteiger partial charge in [0.05, 0.1) is 18.9 Å². The quantitative estimate of drug-likeness (QED) is 0.455. The van der Waals surface area contributed by atoms with Crippen LogP contribution >= 0.6 is 0 Å². The minimum absolute atomic E-state index is 0.422. The van der Waals surface area contributed by atoms with Gasteiger partial charge in [-0.15, -0.1) is 0 Å². The molecule has 0 N–H and O–H groups in total. The van der Waals surface area contributed by atoms with Crippen LogP contribution in [-0.2, 0) is 20.7 Å². The Balaban J connectivity index is 2.43. The van der Waals surface area contributed by atoms with Crippen LogP contribution in [0.15, 0.2) is 36.6 Å². The SMILES string of the molecule is COCCc1ccc(O/C=C/C(=O)OC(C)(C)C)cc1. The number of carbonyl (C=O) groups excluding carboxylic acids is 1. The fourth-order valence-corrected chi connectivity index (χ4v) is 1.46. The van der Waals surface area contributed by atoms with Gasteiger partial charge in [-0.2, -0.15) is 0 Å². The summed E-state index contributed by atoms with van der Waals surface area (Å²) in [6.07, 6.45) is 3.47. The summed E-state index contributed by atoms with van der Waals surface area (Å²) in [5, 5.41) is 0. The minimum atomic E-state index is -0.496. The molecule has 110 valence electrons. The average molecular weight is 278 g/mol. The maximum absolute atomic E-state index is 11.4. The van der Waals surface area contributed by atoms with Crippen LogP contribution in [-0.4, -0.2) is 25.3 Å². The first-order valence-corrected chi connectivity index (χ1v) is 6.55. The number of hydrogen-bond acceptors (Lipinski definition) is 4. The highest BCUT2D eigenvalue weighted by molar-refractivity contribution is 5.82. The van der Waals surface area contributed by atoms with Gasteiger partial charge in [-0.25, -0.2) is 4.79 Å². The topological polar surface area (TPSA) is 44.8 Å². The van der Waals surface area contributed by atoms with Crippen LogP contribution in [0.1, 0.15) is 26.3 Å². The van der Waals surface area contributed by atoms with Crippen molar-refractivity contribution in [2.75, 3.05) is 13.7 Å². The van der Waals surface area contributed by atoms with Crippen molar-refractivity contribution in [3.63, 3.8) is 0 Å². The van der Waals surface area contributed by atoms with Crippen molar-refractivity contribution >= 4 is 5.97 Å². The minimum Gasteiger partial charge on any atom is -0.465 e. The highest BCUT2D eigenvalue weighted by Gasteiger charge is 2.13. The Labute approximate surface area is 120 Å². The van der Waals surface area contributed by atoms with E-state index < -0.39 is 11.6 Å². The molecule has 1 aromatic carbocycles. The molecular formula is C16H22O4. The summed E-state index contributed by atoms with van der Waals surface area (Å²) in [6.45, 7) is 6.15. The zero-order valence-corrected chi connectivity index (χ0v) is 12.5. The van der Waals surface area contributed by atoms with Crippen molar-refractivity contribution in [3.8, 4) is 5.75 Å². The highest BCUT2D eigenvalue weighted by Crippen LogP contribution is 2.13. The third-order valence-corrected chi connectivity index (χ3v) is 2.33. The third-order valence-electron chi connectivity index (χ3n) is 2.33. The number of carbonyl (C=O) groups is 1. The second kappa shape index (κ2) is 7.70. The van der Waals surface area contributed by atoms with Gasteiger partial charge in [-0.1, -0.05) is 12.1 Å². The van der Waals surface area contributed by atoms with Gasteiger partial charge in [-0.05, 0) is 44.9 Å². The van der Waals surface area contributed by atoms with Crippen LogP contribution < -0.4 is 4.74 Å². The molecule has 0 radical (unpaired) electrons. The van der Waals surface area contributed by atoms with Crippen LogP contribution in [0.4, 0.5) is 0 Å². The largest absolute Gasteiger partial charge is 0.465 e. The van der Waals surface area contributed by atoms with Crippen molar-refractivity contribution in [1.82, 2.24) is 0 Å². The van der Waals surface area contributed by atoms with Crippen molar-refractivity contribution < 1.29 is 19.0 Å². The molecule has 0 saturated heterocycles. The van der Waals surface area contributed by atoms with Crippen molar-refractivity contribution in [1.29, 1.82) is 0 Å². The number of methoxy groups -OCH3 is 1. The first kappa shape index (κ1) is 16.2. The van der Waals surface area contributed by atoms with E-state index in [0.717, 1.165) is 6.42 Å². The zero-order valence-electron chi connectivity index (χ0n) is 12.5. The van der Waals surface area contributed by atoms with Gasteiger partial charge < -0.3 is 14.2 Å². The second-order valence-electron chi connectivity index (χ2n) is 5.34. The van der Waals surface area contributed by atoms with Gasteiger partial charge in [0.15, 0.2) is 0 Å². The van der Waals surface area contributed by atoms with E-state index in [1.807, 2.05) is 45.0 Å². The Bertz CT molecular complexity index is 441. The van der Waals surface area contributed by atoms with Crippen molar-refractivity contribution in [2.45, 2.75) is 32.8 Å².